The quantitative estimate of drug-likeness (QED) is 0.270. The second kappa shape index (κ2) is 7.17. The first-order valence-corrected chi connectivity index (χ1v) is 9.41. The molecule has 0 saturated heterocycles. The van der Waals surface area contributed by atoms with Crippen LogP contribution in [-0.2, 0) is 23.4 Å². The van der Waals surface area contributed by atoms with E-state index in [0.717, 1.165) is 0 Å². The third kappa shape index (κ3) is 4.49. The van der Waals surface area contributed by atoms with Crippen LogP contribution in [-0.4, -0.2) is 42.1 Å². The average Bonchev–Trinajstić information content (AvgIpc) is 2.92. The summed E-state index contributed by atoms with van der Waals surface area (Å²) in [5, 5.41) is 0. The van der Waals surface area contributed by atoms with Gasteiger partial charge in [-0.3, -0.25) is 9.36 Å². The van der Waals surface area contributed by atoms with Crippen molar-refractivity contribution >= 4 is 48.1 Å². The summed E-state index contributed by atoms with van der Waals surface area (Å²) in [5.74, 6) is -0.596. The maximum Gasteiger partial charge on any atom is 0.315 e. The lowest BCUT2D eigenvalue weighted by Gasteiger charge is -2.18. The van der Waals surface area contributed by atoms with Crippen LogP contribution in [0.5, 0.6) is 0 Å². The van der Waals surface area contributed by atoms with Crippen molar-refractivity contribution in [2.75, 3.05) is 31.8 Å². The molecule has 1 aliphatic carbocycles. The van der Waals surface area contributed by atoms with Gasteiger partial charge in [0.25, 0.3) is 7.37 Å². The second-order valence-corrected chi connectivity index (χ2v) is 9.32. The molecule has 0 spiro atoms. The molecule has 118 valence electrons. The summed E-state index contributed by atoms with van der Waals surface area (Å²) in [5.41, 5.74) is -1.20. The van der Waals surface area contributed by atoms with Gasteiger partial charge in [-0.15, -0.1) is 34.8 Å². The molecule has 0 aromatic carbocycles. The number of hydrogen-bond donors (Lipinski definition) is 0. The van der Waals surface area contributed by atoms with E-state index in [9.17, 15) is 9.36 Å². The number of ether oxygens (including phenoxy) is 2. The highest BCUT2D eigenvalue weighted by atomic mass is 35.5. The SMILES string of the molecule is CCOCCOP(=O)(CCl)COC(=O)C1(C)CC1(Cl)Cl. The minimum Gasteiger partial charge on any atom is -0.455 e. The van der Waals surface area contributed by atoms with E-state index in [4.69, 9.17) is 48.8 Å². The number of hydrogen-bond acceptors (Lipinski definition) is 5. The molecule has 0 aliphatic heterocycles. The summed E-state index contributed by atoms with van der Waals surface area (Å²) in [6.07, 6.45) is -0.0841. The Hall–Kier alpha value is 0.490. The predicted octanol–water partition coefficient (Wildman–Crippen LogP) is 3.60. The first-order chi connectivity index (χ1) is 9.21. The van der Waals surface area contributed by atoms with Crippen LogP contribution in [0.2, 0.25) is 0 Å². The van der Waals surface area contributed by atoms with E-state index < -0.39 is 23.1 Å². The molecule has 20 heavy (non-hydrogen) atoms. The van der Waals surface area contributed by atoms with Crippen LogP contribution in [0.4, 0.5) is 0 Å². The minimum atomic E-state index is -3.22. The van der Waals surface area contributed by atoms with Gasteiger partial charge in [0.05, 0.1) is 13.2 Å². The van der Waals surface area contributed by atoms with Gasteiger partial charge >= 0.3 is 5.97 Å². The van der Waals surface area contributed by atoms with Crippen molar-refractivity contribution < 1.29 is 23.4 Å². The molecular formula is C11H18Cl3O5P. The molecular weight excluding hydrogens is 349 g/mol. The van der Waals surface area contributed by atoms with Gasteiger partial charge in [0, 0.05) is 13.0 Å². The monoisotopic (exact) mass is 366 g/mol. The first kappa shape index (κ1) is 18.5. The highest BCUT2D eigenvalue weighted by Crippen LogP contribution is 2.64. The third-order valence-electron chi connectivity index (χ3n) is 3.04. The molecule has 1 fully saturated rings. The number of carbonyl (C=O) groups excluding carboxylic acids is 1. The molecule has 2 atom stereocenters. The predicted molar refractivity (Wildman–Crippen MR) is 78.9 cm³/mol. The number of halogens is 3. The topological polar surface area (TPSA) is 61.8 Å². The van der Waals surface area contributed by atoms with Gasteiger partial charge in [-0.05, 0) is 13.8 Å². The second-order valence-electron chi connectivity index (χ2n) is 4.74. The number of carbonyl (C=O) groups is 1. The Morgan fingerprint density at radius 3 is 2.40 bits per heavy atom. The average molecular weight is 368 g/mol. The van der Waals surface area contributed by atoms with Crippen molar-refractivity contribution in [1.29, 1.82) is 0 Å². The molecule has 0 N–H and O–H groups in total. The van der Waals surface area contributed by atoms with Crippen molar-refractivity contribution in [3.8, 4) is 0 Å². The van der Waals surface area contributed by atoms with Crippen LogP contribution in [0, 0.1) is 5.41 Å². The highest BCUT2D eigenvalue weighted by molar-refractivity contribution is 7.60. The standard InChI is InChI=1S/C11H18Cl3O5P/c1-3-17-4-5-19-20(16,7-12)8-18-9(15)10(2)6-11(10,13)14/h3-8H2,1-2H3. The smallest absolute Gasteiger partial charge is 0.315 e. The van der Waals surface area contributed by atoms with E-state index in [2.05, 4.69) is 0 Å². The van der Waals surface area contributed by atoms with Crippen LogP contribution in [0.1, 0.15) is 20.3 Å². The van der Waals surface area contributed by atoms with Crippen LogP contribution in [0.25, 0.3) is 0 Å². The lowest BCUT2D eigenvalue weighted by atomic mass is 10.1. The fourth-order valence-electron chi connectivity index (χ4n) is 1.45. The molecule has 0 amide bonds. The van der Waals surface area contributed by atoms with Gasteiger partial charge in [-0.1, -0.05) is 0 Å². The Kier molecular flexibility index (Phi) is 6.64. The fraction of sp³-hybridized carbons (Fsp3) is 0.909. The maximum absolute atomic E-state index is 12.2. The summed E-state index contributed by atoms with van der Waals surface area (Å²) in [6, 6.07) is 0. The summed E-state index contributed by atoms with van der Waals surface area (Å²) in [4.78, 5) is 11.8. The fourth-order valence-corrected chi connectivity index (χ4v) is 3.49. The summed E-state index contributed by atoms with van der Waals surface area (Å²) < 4.78 is 26.3. The molecule has 0 aromatic rings. The molecule has 0 bridgehead atoms. The number of rotatable bonds is 9. The van der Waals surface area contributed by atoms with Crippen LogP contribution in [0.15, 0.2) is 0 Å². The Bertz CT molecular complexity index is 404. The van der Waals surface area contributed by atoms with Gasteiger partial charge in [0.15, 0.2) is 6.35 Å². The van der Waals surface area contributed by atoms with Crippen LogP contribution in [0.3, 0.4) is 0 Å². The van der Waals surface area contributed by atoms with E-state index in [0.29, 0.717) is 19.6 Å². The summed E-state index contributed by atoms with van der Waals surface area (Å²) in [6.45, 7) is 4.40. The normalized spacial score (nSPS) is 26.9. The van der Waals surface area contributed by atoms with E-state index >= 15 is 0 Å². The largest absolute Gasteiger partial charge is 0.455 e. The maximum atomic E-state index is 12.2. The van der Waals surface area contributed by atoms with Gasteiger partial charge in [0.1, 0.15) is 15.4 Å². The Morgan fingerprint density at radius 1 is 1.35 bits per heavy atom. The lowest BCUT2D eigenvalue weighted by Crippen LogP contribution is -2.22. The molecule has 1 aliphatic rings. The number of alkyl halides is 3. The van der Waals surface area contributed by atoms with E-state index in [1.54, 1.807) is 6.92 Å². The zero-order valence-corrected chi connectivity index (χ0v) is 14.5. The zero-order chi connectivity index (χ0) is 15.4. The third-order valence-corrected chi connectivity index (χ3v) is 6.78. The molecule has 0 radical (unpaired) electrons. The first-order valence-electron chi connectivity index (χ1n) is 6.12. The van der Waals surface area contributed by atoms with Gasteiger partial charge < -0.3 is 14.0 Å². The Labute approximate surface area is 133 Å². The van der Waals surface area contributed by atoms with E-state index in [1.165, 1.54) is 0 Å². The molecule has 1 saturated carbocycles. The Balaban J connectivity index is 2.41. The molecule has 2 unspecified atom stereocenters. The molecule has 9 heteroatoms. The van der Waals surface area contributed by atoms with Crippen LogP contribution < -0.4 is 0 Å². The van der Waals surface area contributed by atoms with Gasteiger partial charge in [0.2, 0.25) is 0 Å². The Morgan fingerprint density at radius 2 is 1.95 bits per heavy atom. The molecule has 1 rings (SSSR count). The van der Waals surface area contributed by atoms with Crippen molar-refractivity contribution in [3.63, 3.8) is 0 Å². The van der Waals surface area contributed by atoms with Gasteiger partial charge in [-0.25, -0.2) is 0 Å². The summed E-state index contributed by atoms with van der Waals surface area (Å²) in [7, 11) is -3.22. The number of esters is 1. The van der Waals surface area contributed by atoms with Crippen molar-refractivity contribution in [2.24, 2.45) is 5.41 Å². The van der Waals surface area contributed by atoms with E-state index in [1.807, 2.05) is 6.92 Å². The lowest BCUT2D eigenvalue weighted by molar-refractivity contribution is -0.147. The van der Waals surface area contributed by atoms with Crippen molar-refractivity contribution in [2.45, 2.75) is 24.6 Å². The molecule has 5 nitrogen and oxygen atoms in total. The van der Waals surface area contributed by atoms with Crippen molar-refractivity contribution in [3.05, 3.63) is 0 Å². The van der Waals surface area contributed by atoms with E-state index in [-0.39, 0.29) is 18.6 Å². The molecule has 0 aromatic heterocycles. The minimum absolute atomic E-state index is 0.127. The van der Waals surface area contributed by atoms with Crippen LogP contribution >= 0.6 is 42.2 Å². The van der Waals surface area contributed by atoms with Gasteiger partial charge in [-0.2, -0.15) is 0 Å². The molecule has 0 heterocycles. The highest BCUT2D eigenvalue weighted by Gasteiger charge is 2.69. The zero-order valence-electron chi connectivity index (χ0n) is 11.4. The van der Waals surface area contributed by atoms with Crippen molar-refractivity contribution in [1.82, 2.24) is 0 Å². The summed E-state index contributed by atoms with van der Waals surface area (Å²) >= 11 is 17.4.